The quantitative estimate of drug-likeness (QED) is 0.497. The average molecular weight is 212 g/mol. The highest BCUT2D eigenvalue weighted by Crippen LogP contribution is 2.37. The summed E-state index contributed by atoms with van der Waals surface area (Å²) < 4.78 is 4.75. The van der Waals surface area contributed by atoms with Crippen molar-refractivity contribution in [2.75, 3.05) is 7.11 Å². The van der Waals surface area contributed by atoms with Crippen LogP contribution in [0.3, 0.4) is 0 Å². The fourth-order valence-corrected chi connectivity index (χ4v) is 2.72. The van der Waals surface area contributed by atoms with E-state index in [1.165, 1.54) is 52.1 Å². The number of ether oxygens (including phenoxy) is 1. The van der Waals surface area contributed by atoms with Crippen molar-refractivity contribution in [2.45, 2.75) is 58.3 Å². The fourth-order valence-electron chi connectivity index (χ4n) is 2.72. The Labute approximate surface area is 93.4 Å². The second-order valence-electron chi connectivity index (χ2n) is 4.73. The normalized spacial score (nSPS) is 25.5. The van der Waals surface area contributed by atoms with Crippen LogP contribution < -0.4 is 0 Å². The molecule has 15 heavy (non-hydrogen) atoms. The summed E-state index contributed by atoms with van der Waals surface area (Å²) in [6, 6.07) is 0. The van der Waals surface area contributed by atoms with Gasteiger partial charge in [0.1, 0.15) is 0 Å². The second-order valence-corrected chi connectivity index (χ2v) is 4.73. The van der Waals surface area contributed by atoms with E-state index in [2.05, 4.69) is 6.92 Å². The number of rotatable bonds is 6. The van der Waals surface area contributed by atoms with Gasteiger partial charge >= 0.3 is 5.97 Å². The topological polar surface area (TPSA) is 26.3 Å². The maximum Gasteiger partial charge on any atom is 0.305 e. The lowest BCUT2D eigenvalue weighted by atomic mass is 9.88. The van der Waals surface area contributed by atoms with Crippen molar-refractivity contribution in [3.8, 4) is 0 Å². The maximum absolute atomic E-state index is 11.2. The highest BCUT2D eigenvalue weighted by atomic mass is 16.5. The highest BCUT2D eigenvalue weighted by Gasteiger charge is 2.28. The van der Waals surface area contributed by atoms with Gasteiger partial charge in [-0.3, -0.25) is 4.79 Å². The van der Waals surface area contributed by atoms with Crippen molar-refractivity contribution in [3.63, 3.8) is 0 Å². The van der Waals surface area contributed by atoms with E-state index < -0.39 is 0 Å². The molecule has 2 heteroatoms. The molecule has 2 nitrogen and oxygen atoms in total. The SMILES string of the molecule is CCCCC[C@H]1CCC[C@H]1CC(=O)OC. The fraction of sp³-hybridized carbons (Fsp3) is 0.923. The van der Waals surface area contributed by atoms with Crippen molar-refractivity contribution >= 4 is 5.97 Å². The summed E-state index contributed by atoms with van der Waals surface area (Å²) >= 11 is 0. The van der Waals surface area contributed by atoms with Gasteiger partial charge < -0.3 is 4.74 Å². The lowest BCUT2D eigenvalue weighted by Crippen LogP contribution is -2.14. The number of carbonyl (C=O) groups excluding carboxylic acids is 1. The monoisotopic (exact) mass is 212 g/mol. The van der Waals surface area contributed by atoms with Crippen LogP contribution in [0, 0.1) is 11.8 Å². The third-order valence-electron chi connectivity index (χ3n) is 3.65. The first-order chi connectivity index (χ1) is 7.27. The lowest BCUT2D eigenvalue weighted by Gasteiger charge is -2.18. The van der Waals surface area contributed by atoms with E-state index in [1.54, 1.807) is 0 Å². The van der Waals surface area contributed by atoms with E-state index in [0.717, 1.165) is 5.92 Å². The Kier molecular flexibility index (Phi) is 5.74. The summed E-state index contributed by atoms with van der Waals surface area (Å²) in [4.78, 5) is 11.2. The summed E-state index contributed by atoms with van der Waals surface area (Å²) in [6.45, 7) is 2.24. The third-order valence-corrected chi connectivity index (χ3v) is 3.65. The molecule has 0 spiro atoms. The summed E-state index contributed by atoms with van der Waals surface area (Å²) in [5.41, 5.74) is 0. The molecular formula is C13H24O2. The van der Waals surface area contributed by atoms with Gasteiger partial charge in [-0.15, -0.1) is 0 Å². The molecule has 0 aromatic heterocycles. The second kappa shape index (κ2) is 6.86. The largest absolute Gasteiger partial charge is 0.469 e. The molecule has 0 aliphatic heterocycles. The van der Waals surface area contributed by atoms with Gasteiger partial charge in [0.05, 0.1) is 7.11 Å². The molecule has 0 saturated heterocycles. The molecule has 0 heterocycles. The molecule has 0 aromatic carbocycles. The number of unbranched alkanes of at least 4 members (excludes halogenated alkanes) is 2. The van der Waals surface area contributed by atoms with Gasteiger partial charge in [-0.2, -0.15) is 0 Å². The molecule has 88 valence electrons. The van der Waals surface area contributed by atoms with Crippen LogP contribution >= 0.6 is 0 Å². The van der Waals surface area contributed by atoms with E-state index in [0.29, 0.717) is 12.3 Å². The minimum absolute atomic E-state index is 0.0256. The first-order valence-corrected chi connectivity index (χ1v) is 6.34. The molecule has 0 radical (unpaired) electrons. The predicted molar refractivity (Wildman–Crippen MR) is 61.6 cm³/mol. The molecule has 0 amide bonds. The molecule has 1 saturated carbocycles. The summed E-state index contributed by atoms with van der Waals surface area (Å²) in [7, 11) is 1.49. The van der Waals surface area contributed by atoms with Crippen molar-refractivity contribution in [2.24, 2.45) is 11.8 Å². The van der Waals surface area contributed by atoms with Crippen LogP contribution in [0.1, 0.15) is 58.3 Å². The molecule has 1 aliphatic carbocycles. The van der Waals surface area contributed by atoms with E-state index >= 15 is 0 Å². The maximum atomic E-state index is 11.2. The van der Waals surface area contributed by atoms with E-state index in [1.807, 2.05) is 0 Å². The molecule has 2 atom stereocenters. The van der Waals surface area contributed by atoms with Crippen molar-refractivity contribution < 1.29 is 9.53 Å². The Morgan fingerprint density at radius 2 is 2.00 bits per heavy atom. The van der Waals surface area contributed by atoms with E-state index in [4.69, 9.17) is 4.74 Å². The number of esters is 1. The van der Waals surface area contributed by atoms with Gasteiger partial charge in [-0.1, -0.05) is 45.4 Å². The Morgan fingerprint density at radius 3 is 2.67 bits per heavy atom. The zero-order valence-electron chi connectivity index (χ0n) is 10.1. The Morgan fingerprint density at radius 1 is 1.27 bits per heavy atom. The summed E-state index contributed by atoms with van der Waals surface area (Å²) in [5, 5.41) is 0. The van der Waals surface area contributed by atoms with Crippen LogP contribution in [0.2, 0.25) is 0 Å². The predicted octanol–water partition coefficient (Wildman–Crippen LogP) is 3.55. The number of hydrogen-bond donors (Lipinski definition) is 0. The zero-order valence-corrected chi connectivity index (χ0v) is 10.1. The third kappa shape index (κ3) is 4.23. The van der Waals surface area contributed by atoms with Crippen molar-refractivity contribution in [1.82, 2.24) is 0 Å². The van der Waals surface area contributed by atoms with E-state index in [-0.39, 0.29) is 5.97 Å². The molecule has 0 N–H and O–H groups in total. The molecule has 0 bridgehead atoms. The zero-order chi connectivity index (χ0) is 11.1. The van der Waals surface area contributed by atoms with Crippen LogP contribution in [0.5, 0.6) is 0 Å². The Hall–Kier alpha value is -0.530. The van der Waals surface area contributed by atoms with Gasteiger partial charge in [0.15, 0.2) is 0 Å². The summed E-state index contributed by atoms with van der Waals surface area (Å²) in [5.74, 6) is 1.37. The average Bonchev–Trinajstić information content (AvgIpc) is 2.66. The molecular weight excluding hydrogens is 188 g/mol. The molecule has 0 unspecified atom stereocenters. The van der Waals surface area contributed by atoms with Crippen LogP contribution in [0.25, 0.3) is 0 Å². The van der Waals surface area contributed by atoms with E-state index in [9.17, 15) is 4.79 Å². The number of carbonyl (C=O) groups is 1. The Balaban J connectivity index is 2.26. The highest BCUT2D eigenvalue weighted by molar-refractivity contribution is 5.69. The molecule has 0 aromatic rings. The number of methoxy groups -OCH3 is 1. The van der Waals surface area contributed by atoms with Gasteiger partial charge in [-0.05, 0) is 18.3 Å². The van der Waals surface area contributed by atoms with Crippen LogP contribution in [-0.2, 0) is 9.53 Å². The molecule has 1 aliphatic rings. The minimum atomic E-state index is -0.0256. The van der Waals surface area contributed by atoms with Crippen LogP contribution in [-0.4, -0.2) is 13.1 Å². The lowest BCUT2D eigenvalue weighted by molar-refractivity contribution is -0.142. The van der Waals surface area contributed by atoms with Gasteiger partial charge in [0, 0.05) is 6.42 Å². The van der Waals surface area contributed by atoms with Gasteiger partial charge in [0.2, 0.25) is 0 Å². The van der Waals surface area contributed by atoms with Crippen molar-refractivity contribution in [1.29, 1.82) is 0 Å². The number of hydrogen-bond acceptors (Lipinski definition) is 2. The summed E-state index contributed by atoms with van der Waals surface area (Å²) in [6.07, 6.45) is 9.77. The smallest absolute Gasteiger partial charge is 0.305 e. The van der Waals surface area contributed by atoms with Crippen LogP contribution in [0.15, 0.2) is 0 Å². The van der Waals surface area contributed by atoms with Crippen LogP contribution in [0.4, 0.5) is 0 Å². The van der Waals surface area contributed by atoms with Crippen molar-refractivity contribution in [3.05, 3.63) is 0 Å². The molecule has 1 rings (SSSR count). The Bertz CT molecular complexity index is 189. The van der Waals surface area contributed by atoms with Gasteiger partial charge in [0.25, 0.3) is 0 Å². The first-order valence-electron chi connectivity index (χ1n) is 6.34. The molecule has 1 fully saturated rings. The first kappa shape index (κ1) is 12.5. The standard InChI is InChI=1S/C13H24O2/c1-3-4-5-7-11-8-6-9-12(11)10-13(14)15-2/h11-12H,3-10H2,1-2H3/t11-,12-/m0/s1. The minimum Gasteiger partial charge on any atom is -0.469 e. The van der Waals surface area contributed by atoms with Gasteiger partial charge in [-0.25, -0.2) is 0 Å².